The molecule has 24 heavy (non-hydrogen) atoms. The maximum Gasteiger partial charge on any atom is 0.244 e. The number of H-pyrrole nitrogens is 1. The molecule has 7 nitrogen and oxygen atoms in total. The van der Waals surface area contributed by atoms with Crippen LogP contribution in [0.3, 0.4) is 0 Å². The number of fused-ring (bicyclic) bond motifs is 1. The topological polar surface area (TPSA) is 93.5 Å². The van der Waals surface area contributed by atoms with Crippen LogP contribution in [-0.2, 0) is 15.8 Å². The molecule has 3 heterocycles. The lowest BCUT2D eigenvalue weighted by molar-refractivity contribution is 0.588. The molecule has 4 rings (SSSR count). The minimum atomic E-state index is -3.58. The van der Waals surface area contributed by atoms with Crippen LogP contribution in [0.25, 0.3) is 22.3 Å². The largest absolute Gasteiger partial charge is 0.285 e. The summed E-state index contributed by atoms with van der Waals surface area (Å²) in [6.45, 7) is 0. The average Bonchev–Trinajstić information content (AvgIpc) is 3.25. The highest BCUT2D eigenvalue weighted by Gasteiger charge is 2.19. The molecule has 0 spiro atoms. The van der Waals surface area contributed by atoms with E-state index in [4.69, 9.17) is 0 Å². The van der Waals surface area contributed by atoms with Gasteiger partial charge in [-0.05, 0) is 11.6 Å². The van der Waals surface area contributed by atoms with Crippen LogP contribution < -0.4 is 0 Å². The van der Waals surface area contributed by atoms with Crippen LogP contribution in [-0.4, -0.2) is 32.6 Å². The Balaban J connectivity index is 1.82. The molecule has 0 saturated heterocycles. The van der Waals surface area contributed by atoms with E-state index < -0.39 is 10.0 Å². The Morgan fingerprint density at radius 3 is 2.67 bits per heavy atom. The molecule has 0 atom stereocenters. The molecule has 0 fully saturated rings. The molecule has 8 heteroatoms. The molecular weight excluding hydrogens is 326 g/mol. The van der Waals surface area contributed by atoms with Crippen LogP contribution in [0.15, 0.2) is 61.3 Å². The van der Waals surface area contributed by atoms with E-state index in [9.17, 15) is 8.42 Å². The number of nitrogens with one attached hydrogen (secondary N) is 1. The van der Waals surface area contributed by atoms with E-state index in [1.807, 2.05) is 18.2 Å². The van der Waals surface area contributed by atoms with Crippen LogP contribution in [0.2, 0.25) is 0 Å². The molecule has 0 amide bonds. The van der Waals surface area contributed by atoms with Gasteiger partial charge in [0.05, 0.1) is 17.6 Å². The number of aromatic nitrogens is 5. The van der Waals surface area contributed by atoms with Crippen LogP contribution in [0.1, 0.15) is 5.56 Å². The predicted octanol–water partition coefficient (Wildman–Crippen LogP) is 2.20. The molecule has 0 aliphatic heterocycles. The van der Waals surface area contributed by atoms with Gasteiger partial charge in [0.1, 0.15) is 6.33 Å². The smallest absolute Gasteiger partial charge is 0.244 e. The number of hydrogen-bond donors (Lipinski definition) is 1. The monoisotopic (exact) mass is 339 g/mol. The van der Waals surface area contributed by atoms with Crippen molar-refractivity contribution >= 4 is 21.1 Å². The van der Waals surface area contributed by atoms with Crippen molar-refractivity contribution < 1.29 is 8.42 Å². The quantitative estimate of drug-likeness (QED) is 0.615. The highest BCUT2D eigenvalue weighted by molar-refractivity contribution is 7.89. The molecular formula is C16H13N5O2S. The Morgan fingerprint density at radius 1 is 1.08 bits per heavy atom. The number of rotatable bonds is 4. The van der Waals surface area contributed by atoms with Crippen LogP contribution in [0.5, 0.6) is 0 Å². The molecule has 1 N–H and O–H groups in total. The molecule has 0 radical (unpaired) electrons. The van der Waals surface area contributed by atoms with Gasteiger partial charge in [-0.25, -0.2) is 22.4 Å². The molecule has 0 saturated carbocycles. The van der Waals surface area contributed by atoms with Gasteiger partial charge in [-0.1, -0.05) is 30.3 Å². The summed E-state index contributed by atoms with van der Waals surface area (Å²) < 4.78 is 26.7. The standard InChI is InChI=1S/C16H13N5O2S/c22-24(23,10-12-4-2-1-3-5-12)21-7-6-14-15(13-8-19-20-9-13)17-11-18-16(14)21/h1-9,11H,10H2,(H,19,20). The lowest BCUT2D eigenvalue weighted by Gasteiger charge is -2.07. The molecule has 0 aliphatic rings. The van der Waals surface area contributed by atoms with Gasteiger partial charge in [-0.15, -0.1) is 0 Å². The second-order valence-electron chi connectivity index (χ2n) is 5.30. The maximum atomic E-state index is 12.8. The van der Waals surface area contributed by atoms with E-state index in [-0.39, 0.29) is 5.75 Å². The third kappa shape index (κ3) is 2.46. The van der Waals surface area contributed by atoms with E-state index in [1.54, 1.807) is 30.6 Å². The fraction of sp³-hybridized carbons (Fsp3) is 0.0625. The van der Waals surface area contributed by atoms with Gasteiger partial charge in [0.15, 0.2) is 5.65 Å². The Labute approximate surface area is 138 Å². The first kappa shape index (κ1) is 14.6. The fourth-order valence-electron chi connectivity index (χ4n) is 2.62. The second-order valence-corrected chi connectivity index (χ2v) is 7.15. The SMILES string of the molecule is O=S(=O)(Cc1ccccc1)n1ccc2c(-c3cn[nH]c3)ncnc21. The summed E-state index contributed by atoms with van der Waals surface area (Å²) in [5.41, 5.74) is 2.50. The molecule has 120 valence electrons. The van der Waals surface area contributed by atoms with Crippen LogP contribution in [0, 0.1) is 0 Å². The summed E-state index contributed by atoms with van der Waals surface area (Å²) in [7, 11) is -3.58. The molecule has 0 aliphatic carbocycles. The Hall–Kier alpha value is -3.00. The van der Waals surface area contributed by atoms with Crippen LogP contribution in [0.4, 0.5) is 0 Å². The van der Waals surface area contributed by atoms with Gasteiger partial charge in [-0.3, -0.25) is 5.10 Å². The van der Waals surface area contributed by atoms with Crippen LogP contribution >= 0.6 is 0 Å². The third-order valence-corrected chi connectivity index (χ3v) is 5.30. The third-order valence-electron chi connectivity index (χ3n) is 3.71. The van der Waals surface area contributed by atoms with Crippen molar-refractivity contribution in [3.8, 4) is 11.3 Å². The zero-order valence-electron chi connectivity index (χ0n) is 12.5. The number of hydrogen-bond acceptors (Lipinski definition) is 5. The van der Waals surface area contributed by atoms with Crippen molar-refractivity contribution in [2.75, 3.05) is 0 Å². The molecule has 1 aromatic carbocycles. The van der Waals surface area contributed by atoms with E-state index in [1.165, 1.54) is 16.5 Å². The van der Waals surface area contributed by atoms with Gasteiger partial charge >= 0.3 is 0 Å². The van der Waals surface area contributed by atoms with E-state index in [0.29, 0.717) is 16.7 Å². The van der Waals surface area contributed by atoms with Crippen molar-refractivity contribution in [3.05, 3.63) is 66.9 Å². The summed E-state index contributed by atoms with van der Waals surface area (Å²) in [6.07, 6.45) is 6.22. The van der Waals surface area contributed by atoms with E-state index in [0.717, 1.165) is 11.1 Å². The van der Waals surface area contributed by atoms with Crippen molar-refractivity contribution in [1.82, 2.24) is 24.1 Å². The van der Waals surface area contributed by atoms with Gasteiger partial charge < -0.3 is 0 Å². The normalized spacial score (nSPS) is 11.8. The average molecular weight is 339 g/mol. The minimum absolute atomic E-state index is 0.0946. The first-order valence-electron chi connectivity index (χ1n) is 7.23. The Morgan fingerprint density at radius 2 is 1.92 bits per heavy atom. The number of aromatic amines is 1. The van der Waals surface area contributed by atoms with Gasteiger partial charge in [0.2, 0.25) is 10.0 Å². The molecule has 0 bridgehead atoms. The summed E-state index contributed by atoms with van der Waals surface area (Å²) in [4.78, 5) is 8.41. The van der Waals surface area contributed by atoms with Gasteiger partial charge in [0.25, 0.3) is 0 Å². The number of nitrogens with zero attached hydrogens (tertiary/aromatic N) is 4. The molecule has 4 aromatic rings. The van der Waals surface area contributed by atoms with Crippen molar-refractivity contribution in [1.29, 1.82) is 0 Å². The number of benzene rings is 1. The summed E-state index contributed by atoms with van der Waals surface area (Å²) >= 11 is 0. The summed E-state index contributed by atoms with van der Waals surface area (Å²) in [5.74, 6) is -0.0946. The fourth-order valence-corrected chi connectivity index (χ4v) is 4.03. The first-order valence-corrected chi connectivity index (χ1v) is 8.84. The van der Waals surface area contributed by atoms with Gasteiger partial charge in [-0.2, -0.15) is 5.10 Å². The summed E-state index contributed by atoms with van der Waals surface area (Å²) in [6, 6.07) is 10.8. The second kappa shape index (κ2) is 5.57. The maximum absolute atomic E-state index is 12.8. The Kier molecular flexibility index (Phi) is 3.39. The lowest BCUT2D eigenvalue weighted by atomic mass is 10.2. The van der Waals surface area contributed by atoms with Crippen molar-refractivity contribution in [2.24, 2.45) is 0 Å². The lowest BCUT2D eigenvalue weighted by Crippen LogP contribution is -2.14. The Bertz CT molecular complexity index is 1090. The highest BCUT2D eigenvalue weighted by Crippen LogP contribution is 2.26. The van der Waals surface area contributed by atoms with Crippen molar-refractivity contribution in [3.63, 3.8) is 0 Å². The molecule has 0 unspecified atom stereocenters. The van der Waals surface area contributed by atoms with Gasteiger partial charge in [0, 0.05) is 23.3 Å². The highest BCUT2D eigenvalue weighted by atomic mass is 32.2. The summed E-state index contributed by atoms with van der Waals surface area (Å²) in [5, 5.41) is 7.30. The van der Waals surface area contributed by atoms with E-state index in [2.05, 4.69) is 20.2 Å². The van der Waals surface area contributed by atoms with E-state index >= 15 is 0 Å². The minimum Gasteiger partial charge on any atom is -0.285 e. The first-order chi connectivity index (χ1) is 11.6. The predicted molar refractivity (Wildman–Crippen MR) is 89.6 cm³/mol. The zero-order valence-corrected chi connectivity index (χ0v) is 13.3. The zero-order chi connectivity index (χ0) is 16.6. The molecule has 3 aromatic heterocycles. The van der Waals surface area contributed by atoms with Crippen molar-refractivity contribution in [2.45, 2.75) is 5.75 Å².